The minimum absolute atomic E-state index is 0.125. The van der Waals surface area contributed by atoms with E-state index in [9.17, 15) is 4.79 Å². The molecule has 1 heterocycles. The van der Waals surface area contributed by atoms with Crippen molar-refractivity contribution in [2.75, 3.05) is 7.11 Å². The first-order valence-electron chi connectivity index (χ1n) is 6.60. The molecule has 0 atom stereocenters. The Kier molecular flexibility index (Phi) is 4.84. The highest BCUT2D eigenvalue weighted by Crippen LogP contribution is 2.22. The zero-order chi connectivity index (χ0) is 14.5. The number of methoxy groups -OCH3 is 1. The van der Waals surface area contributed by atoms with Gasteiger partial charge in [-0.3, -0.25) is 4.79 Å². The maximum Gasteiger partial charge on any atom is 0.176 e. The van der Waals surface area contributed by atoms with Crippen LogP contribution in [0.2, 0.25) is 0 Å². The first kappa shape index (κ1) is 14.7. The average Bonchev–Trinajstić information content (AvgIpc) is 2.95. The molecular formula is C15H18N2O2S. The van der Waals surface area contributed by atoms with Crippen molar-refractivity contribution in [2.45, 2.75) is 32.6 Å². The summed E-state index contributed by atoms with van der Waals surface area (Å²) in [6, 6.07) is 7.79. The smallest absolute Gasteiger partial charge is 0.176 e. The van der Waals surface area contributed by atoms with Crippen LogP contribution in [0.1, 0.15) is 47.1 Å². The van der Waals surface area contributed by atoms with Gasteiger partial charge in [0.05, 0.1) is 12.8 Å². The van der Waals surface area contributed by atoms with Gasteiger partial charge >= 0.3 is 0 Å². The standard InChI is InChI=1S/C15H18N2O2S/c1-10(2)14-15(20-17-16-14)13(18)9-6-11-4-7-12(19-3)8-5-11/h4-5,7-8,10H,6,9H2,1-3H3. The third-order valence-electron chi connectivity index (χ3n) is 3.11. The molecule has 0 aliphatic heterocycles. The maximum absolute atomic E-state index is 12.2. The van der Waals surface area contributed by atoms with Crippen LogP contribution in [0.15, 0.2) is 24.3 Å². The van der Waals surface area contributed by atoms with Gasteiger partial charge in [0.25, 0.3) is 0 Å². The van der Waals surface area contributed by atoms with E-state index < -0.39 is 0 Å². The predicted octanol–water partition coefficient (Wildman–Crippen LogP) is 3.49. The SMILES string of the molecule is COc1ccc(CCC(=O)c2snnc2C(C)C)cc1. The third kappa shape index (κ3) is 3.42. The molecule has 0 amide bonds. The predicted molar refractivity (Wildman–Crippen MR) is 79.6 cm³/mol. The van der Waals surface area contributed by atoms with Crippen LogP contribution in [0.4, 0.5) is 0 Å². The Labute approximate surface area is 123 Å². The number of benzene rings is 1. The Morgan fingerprint density at radius 1 is 1.30 bits per heavy atom. The van der Waals surface area contributed by atoms with E-state index in [1.54, 1.807) is 7.11 Å². The number of hydrogen-bond acceptors (Lipinski definition) is 5. The molecule has 2 rings (SSSR count). The van der Waals surface area contributed by atoms with Gasteiger partial charge in [0.2, 0.25) is 0 Å². The van der Waals surface area contributed by atoms with Crippen molar-refractivity contribution in [3.8, 4) is 5.75 Å². The van der Waals surface area contributed by atoms with Crippen molar-refractivity contribution in [3.63, 3.8) is 0 Å². The summed E-state index contributed by atoms with van der Waals surface area (Å²) in [5.74, 6) is 1.18. The summed E-state index contributed by atoms with van der Waals surface area (Å²) in [6.07, 6.45) is 1.20. The van der Waals surface area contributed by atoms with Crippen molar-refractivity contribution < 1.29 is 9.53 Å². The van der Waals surface area contributed by atoms with Crippen LogP contribution in [0, 0.1) is 0 Å². The Morgan fingerprint density at radius 2 is 2.00 bits per heavy atom. The van der Waals surface area contributed by atoms with Crippen molar-refractivity contribution in [1.29, 1.82) is 0 Å². The van der Waals surface area contributed by atoms with Crippen LogP contribution >= 0.6 is 11.5 Å². The molecule has 4 nitrogen and oxygen atoms in total. The van der Waals surface area contributed by atoms with Gasteiger partial charge < -0.3 is 4.74 Å². The average molecular weight is 290 g/mol. The number of hydrogen-bond donors (Lipinski definition) is 0. The zero-order valence-electron chi connectivity index (χ0n) is 11.9. The molecule has 0 unspecified atom stereocenters. The fourth-order valence-corrected chi connectivity index (χ4v) is 2.72. The highest BCUT2D eigenvalue weighted by Gasteiger charge is 2.18. The second-order valence-corrected chi connectivity index (χ2v) is 5.67. The number of Topliss-reactive ketones (excluding diaryl/α,β-unsaturated/α-hetero) is 1. The lowest BCUT2D eigenvalue weighted by molar-refractivity contribution is 0.0985. The molecule has 2 aromatic rings. The van der Waals surface area contributed by atoms with Gasteiger partial charge in [-0.2, -0.15) is 0 Å². The fraction of sp³-hybridized carbons (Fsp3) is 0.400. The monoisotopic (exact) mass is 290 g/mol. The van der Waals surface area contributed by atoms with Crippen molar-refractivity contribution >= 4 is 17.3 Å². The Morgan fingerprint density at radius 3 is 2.60 bits per heavy atom. The van der Waals surface area contributed by atoms with Gasteiger partial charge in [0.1, 0.15) is 10.6 Å². The van der Waals surface area contributed by atoms with Gasteiger partial charge in [0.15, 0.2) is 5.78 Å². The van der Waals surface area contributed by atoms with E-state index in [1.165, 1.54) is 11.5 Å². The molecule has 5 heteroatoms. The third-order valence-corrected chi connectivity index (χ3v) is 3.90. The summed E-state index contributed by atoms with van der Waals surface area (Å²) in [4.78, 5) is 12.9. The van der Waals surface area contributed by atoms with Crippen LogP contribution in [0.5, 0.6) is 5.75 Å². The van der Waals surface area contributed by atoms with E-state index >= 15 is 0 Å². The number of carbonyl (C=O) groups is 1. The first-order chi connectivity index (χ1) is 9.61. The Bertz CT molecular complexity index is 576. The van der Waals surface area contributed by atoms with Crippen LogP contribution in [-0.2, 0) is 6.42 Å². The van der Waals surface area contributed by atoms with E-state index in [0.29, 0.717) is 11.3 Å². The Hall–Kier alpha value is -1.75. The number of aryl methyl sites for hydroxylation is 1. The molecular weight excluding hydrogens is 272 g/mol. The van der Waals surface area contributed by atoms with Crippen LogP contribution < -0.4 is 4.74 Å². The lowest BCUT2D eigenvalue weighted by Crippen LogP contribution is -2.04. The van der Waals surface area contributed by atoms with Gasteiger partial charge in [-0.25, -0.2) is 0 Å². The summed E-state index contributed by atoms with van der Waals surface area (Å²) < 4.78 is 9.01. The van der Waals surface area contributed by atoms with Gasteiger partial charge in [-0.1, -0.05) is 30.5 Å². The summed E-state index contributed by atoms with van der Waals surface area (Å²) in [5, 5.41) is 4.05. The zero-order valence-corrected chi connectivity index (χ0v) is 12.7. The van der Waals surface area contributed by atoms with Crippen molar-refractivity contribution in [3.05, 3.63) is 40.4 Å². The van der Waals surface area contributed by atoms with E-state index in [1.807, 2.05) is 38.1 Å². The lowest BCUT2D eigenvalue weighted by Gasteiger charge is -2.04. The molecule has 0 fully saturated rings. The summed E-state index contributed by atoms with van der Waals surface area (Å²) in [5.41, 5.74) is 1.94. The molecule has 1 aromatic carbocycles. The molecule has 0 radical (unpaired) electrons. The molecule has 0 aliphatic carbocycles. The van der Waals surface area contributed by atoms with Crippen LogP contribution in [0.25, 0.3) is 0 Å². The molecule has 0 aliphatic rings. The normalized spacial score (nSPS) is 10.8. The number of carbonyl (C=O) groups excluding carboxylic acids is 1. The topological polar surface area (TPSA) is 52.1 Å². The number of ether oxygens (including phenoxy) is 1. The number of rotatable bonds is 6. The summed E-state index contributed by atoms with van der Waals surface area (Å²) >= 11 is 1.20. The molecule has 0 N–H and O–H groups in total. The fourth-order valence-electron chi connectivity index (χ4n) is 1.93. The largest absolute Gasteiger partial charge is 0.497 e. The number of ketones is 1. The first-order valence-corrected chi connectivity index (χ1v) is 7.37. The second kappa shape index (κ2) is 6.61. The molecule has 20 heavy (non-hydrogen) atoms. The highest BCUT2D eigenvalue weighted by atomic mass is 32.1. The van der Waals surface area contributed by atoms with Gasteiger partial charge in [-0.05, 0) is 41.6 Å². The van der Waals surface area contributed by atoms with E-state index in [2.05, 4.69) is 9.59 Å². The summed E-state index contributed by atoms with van der Waals surface area (Å²) in [7, 11) is 1.64. The highest BCUT2D eigenvalue weighted by molar-refractivity contribution is 7.08. The van der Waals surface area contributed by atoms with Crippen molar-refractivity contribution in [1.82, 2.24) is 9.59 Å². The van der Waals surface area contributed by atoms with E-state index in [0.717, 1.165) is 23.4 Å². The molecule has 1 aromatic heterocycles. The van der Waals surface area contributed by atoms with E-state index in [-0.39, 0.29) is 11.7 Å². The lowest BCUT2D eigenvalue weighted by atomic mass is 10.0. The molecule has 0 spiro atoms. The van der Waals surface area contributed by atoms with Crippen LogP contribution in [-0.4, -0.2) is 22.5 Å². The van der Waals surface area contributed by atoms with Gasteiger partial charge in [-0.15, -0.1) is 5.10 Å². The molecule has 0 bridgehead atoms. The van der Waals surface area contributed by atoms with Crippen molar-refractivity contribution in [2.24, 2.45) is 0 Å². The second-order valence-electron chi connectivity index (χ2n) is 4.91. The molecule has 0 saturated heterocycles. The number of aromatic nitrogens is 2. The van der Waals surface area contributed by atoms with E-state index in [4.69, 9.17) is 4.74 Å². The maximum atomic E-state index is 12.2. The molecule has 106 valence electrons. The van der Waals surface area contributed by atoms with Gasteiger partial charge in [0, 0.05) is 6.42 Å². The summed E-state index contributed by atoms with van der Waals surface area (Å²) in [6.45, 7) is 4.05. The minimum atomic E-state index is 0.125. The van der Waals surface area contributed by atoms with Crippen LogP contribution in [0.3, 0.4) is 0 Å². The molecule has 0 saturated carbocycles. The Balaban J connectivity index is 1.99. The quantitative estimate of drug-likeness (QED) is 0.764. The number of nitrogens with zero attached hydrogens (tertiary/aromatic N) is 2. The minimum Gasteiger partial charge on any atom is -0.497 e.